The van der Waals surface area contributed by atoms with Gasteiger partial charge in [-0.2, -0.15) is 0 Å². The lowest BCUT2D eigenvalue weighted by Crippen LogP contribution is -2.28. The number of hydrogen-bond donors (Lipinski definition) is 1. The predicted molar refractivity (Wildman–Crippen MR) is 68.8 cm³/mol. The molecule has 0 fully saturated rings. The fraction of sp³-hybridized carbons (Fsp3) is 0.133. The van der Waals surface area contributed by atoms with Crippen molar-refractivity contribution in [2.75, 3.05) is 6.54 Å². The average Bonchev–Trinajstić information content (AvgIpc) is 2.77. The maximum Gasteiger partial charge on any atom is 0.131 e. The molecule has 0 saturated carbocycles. The zero-order valence-corrected chi connectivity index (χ0v) is 9.80. The van der Waals surface area contributed by atoms with E-state index in [2.05, 4.69) is 23.1 Å². The van der Waals surface area contributed by atoms with E-state index < -0.39 is 0 Å². The zero-order valence-electron chi connectivity index (χ0n) is 9.80. The van der Waals surface area contributed by atoms with Crippen LogP contribution in [0.25, 0.3) is 5.57 Å². The molecule has 18 heavy (non-hydrogen) atoms. The SMILES string of the molecule is OC1=CN2CCC3=c4ccccc4=NC3=C2C=C1. The van der Waals surface area contributed by atoms with Crippen LogP contribution in [0.1, 0.15) is 6.42 Å². The van der Waals surface area contributed by atoms with Crippen LogP contribution in [0.4, 0.5) is 0 Å². The molecule has 0 spiro atoms. The molecule has 3 aliphatic rings. The van der Waals surface area contributed by atoms with Gasteiger partial charge in [0.1, 0.15) is 5.76 Å². The Kier molecular flexibility index (Phi) is 1.81. The summed E-state index contributed by atoms with van der Waals surface area (Å²) in [5.41, 5.74) is 3.48. The zero-order chi connectivity index (χ0) is 12.1. The normalized spacial score (nSPS) is 20.1. The minimum atomic E-state index is 0.304. The van der Waals surface area contributed by atoms with Crippen molar-refractivity contribution in [3.05, 3.63) is 70.3 Å². The molecule has 1 aromatic carbocycles. The highest BCUT2D eigenvalue weighted by atomic mass is 16.3. The number of nitrogens with zero attached hydrogens (tertiary/aromatic N) is 2. The third kappa shape index (κ3) is 1.21. The average molecular weight is 236 g/mol. The Labute approximate surface area is 104 Å². The quantitative estimate of drug-likeness (QED) is 0.738. The molecule has 3 heteroatoms. The van der Waals surface area contributed by atoms with Gasteiger partial charge in [0.25, 0.3) is 0 Å². The maximum absolute atomic E-state index is 9.53. The van der Waals surface area contributed by atoms with Gasteiger partial charge in [-0.05, 0) is 30.2 Å². The smallest absolute Gasteiger partial charge is 0.131 e. The number of aliphatic hydroxyl groups excluding tert-OH is 1. The number of allylic oxidation sites excluding steroid dienone is 3. The summed E-state index contributed by atoms with van der Waals surface area (Å²) in [5, 5.41) is 11.9. The van der Waals surface area contributed by atoms with Crippen LogP contribution in [0.5, 0.6) is 0 Å². The maximum atomic E-state index is 9.53. The lowest BCUT2D eigenvalue weighted by atomic mass is 10.00. The van der Waals surface area contributed by atoms with E-state index in [4.69, 9.17) is 4.99 Å². The first kappa shape index (κ1) is 9.71. The highest BCUT2D eigenvalue weighted by Crippen LogP contribution is 2.32. The Hall–Kier alpha value is -2.29. The molecule has 0 bridgehead atoms. The van der Waals surface area contributed by atoms with Crippen molar-refractivity contribution >= 4 is 5.57 Å². The lowest BCUT2D eigenvalue weighted by Gasteiger charge is -2.30. The van der Waals surface area contributed by atoms with E-state index >= 15 is 0 Å². The monoisotopic (exact) mass is 236 g/mol. The van der Waals surface area contributed by atoms with Crippen molar-refractivity contribution < 1.29 is 5.11 Å². The van der Waals surface area contributed by atoms with E-state index in [1.807, 2.05) is 12.1 Å². The Morgan fingerprint density at radius 3 is 3.00 bits per heavy atom. The van der Waals surface area contributed by atoms with E-state index in [1.54, 1.807) is 12.3 Å². The van der Waals surface area contributed by atoms with Crippen molar-refractivity contribution in [2.24, 2.45) is 4.99 Å². The van der Waals surface area contributed by atoms with Crippen molar-refractivity contribution in [1.82, 2.24) is 4.90 Å². The summed E-state index contributed by atoms with van der Waals surface area (Å²) in [6.45, 7) is 0.895. The topological polar surface area (TPSA) is 35.8 Å². The van der Waals surface area contributed by atoms with Crippen LogP contribution in [-0.4, -0.2) is 16.6 Å². The summed E-state index contributed by atoms with van der Waals surface area (Å²) < 4.78 is 0. The number of aliphatic hydroxyl groups is 1. The second-order valence-electron chi connectivity index (χ2n) is 4.67. The van der Waals surface area contributed by atoms with Gasteiger partial charge < -0.3 is 10.0 Å². The van der Waals surface area contributed by atoms with Crippen molar-refractivity contribution in [3.8, 4) is 0 Å². The molecule has 0 unspecified atom stereocenters. The molecule has 4 rings (SSSR count). The molecule has 0 aliphatic carbocycles. The molecule has 1 aromatic rings. The van der Waals surface area contributed by atoms with Crippen LogP contribution in [0.3, 0.4) is 0 Å². The Balaban J connectivity index is 2.02. The molecule has 0 saturated heterocycles. The Bertz CT molecular complexity index is 753. The number of rotatable bonds is 0. The molecular weight excluding hydrogens is 224 g/mol. The first-order valence-corrected chi connectivity index (χ1v) is 6.10. The van der Waals surface area contributed by atoms with Gasteiger partial charge in [-0.1, -0.05) is 18.2 Å². The van der Waals surface area contributed by atoms with E-state index in [0.717, 1.165) is 29.7 Å². The van der Waals surface area contributed by atoms with Crippen LogP contribution in [-0.2, 0) is 0 Å². The molecule has 0 aromatic heterocycles. The molecule has 3 aliphatic heterocycles. The van der Waals surface area contributed by atoms with Gasteiger partial charge in [0.15, 0.2) is 0 Å². The van der Waals surface area contributed by atoms with E-state index in [1.165, 1.54) is 10.8 Å². The second kappa shape index (κ2) is 3.35. The van der Waals surface area contributed by atoms with E-state index in [-0.39, 0.29) is 0 Å². The first-order chi connectivity index (χ1) is 8.83. The van der Waals surface area contributed by atoms with E-state index in [9.17, 15) is 5.11 Å². The molecule has 0 radical (unpaired) electrons. The second-order valence-corrected chi connectivity index (χ2v) is 4.67. The van der Waals surface area contributed by atoms with Crippen LogP contribution in [0, 0.1) is 0 Å². The molecule has 3 nitrogen and oxygen atoms in total. The summed E-state index contributed by atoms with van der Waals surface area (Å²) in [6.07, 6.45) is 6.41. The molecule has 1 N–H and O–H groups in total. The van der Waals surface area contributed by atoms with Crippen LogP contribution in [0.2, 0.25) is 0 Å². The number of hydrogen-bond acceptors (Lipinski definition) is 3. The first-order valence-electron chi connectivity index (χ1n) is 6.10. The number of para-hydroxylation sites is 1. The molecule has 88 valence electrons. The van der Waals surface area contributed by atoms with Gasteiger partial charge in [0, 0.05) is 18.0 Å². The van der Waals surface area contributed by atoms with Gasteiger partial charge >= 0.3 is 0 Å². The summed E-state index contributed by atoms with van der Waals surface area (Å²) in [4.78, 5) is 6.79. The largest absolute Gasteiger partial charge is 0.506 e. The third-order valence-corrected chi connectivity index (χ3v) is 3.60. The summed E-state index contributed by atoms with van der Waals surface area (Å²) in [7, 11) is 0. The van der Waals surface area contributed by atoms with Gasteiger partial charge in [-0.15, -0.1) is 0 Å². The standard InChI is InChI=1S/C15H12N2O/c18-10-5-6-14-15-12(7-8-17(14)9-10)11-3-1-2-4-13(11)16-15/h1-6,9,18H,7-8H2. The van der Waals surface area contributed by atoms with Gasteiger partial charge in [-0.25, -0.2) is 4.99 Å². The fourth-order valence-corrected chi connectivity index (χ4v) is 2.77. The van der Waals surface area contributed by atoms with E-state index in [0.29, 0.717) is 5.76 Å². The van der Waals surface area contributed by atoms with Crippen molar-refractivity contribution in [2.45, 2.75) is 6.42 Å². The molecule has 3 heterocycles. The van der Waals surface area contributed by atoms with Gasteiger partial charge in [0.2, 0.25) is 0 Å². The van der Waals surface area contributed by atoms with Crippen molar-refractivity contribution in [3.63, 3.8) is 0 Å². The van der Waals surface area contributed by atoms with Crippen molar-refractivity contribution in [1.29, 1.82) is 0 Å². The minimum Gasteiger partial charge on any atom is -0.506 e. The Morgan fingerprint density at radius 2 is 2.06 bits per heavy atom. The molecule has 0 amide bonds. The molecule has 0 atom stereocenters. The Morgan fingerprint density at radius 1 is 1.17 bits per heavy atom. The number of fused-ring (bicyclic) bond motifs is 3. The van der Waals surface area contributed by atoms with Gasteiger partial charge in [-0.3, -0.25) is 0 Å². The van der Waals surface area contributed by atoms with Crippen LogP contribution in [0.15, 0.2) is 64.8 Å². The van der Waals surface area contributed by atoms with Crippen LogP contribution < -0.4 is 10.6 Å². The lowest BCUT2D eigenvalue weighted by molar-refractivity contribution is 0.384. The summed E-state index contributed by atoms with van der Waals surface area (Å²) in [5.74, 6) is 0.304. The summed E-state index contributed by atoms with van der Waals surface area (Å²) >= 11 is 0. The predicted octanol–water partition coefficient (Wildman–Crippen LogP) is 1.36. The third-order valence-electron chi connectivity index (χ3n) is 3.60. The minimum absolute atomic E-state index is 0.304. The number of benzene rings is 1. The fourth-order valence-electron chi connectivity index (χ4n) is 2.77. The van der Waals surface area contributed by atoms with Gasteiger partial charge in [0.05, 0.1) is 16.8 Å². The highest BCUT2D eigenvalue weighted by molar-refractivity contribution is 5.70. The van der Waals surface area contributed by atoms with Crippen LogP contribution >= 0.6 is 0 Å². The summed E-state index contributed by atoms with van der Waals surface area (Å²) in [6, 6.07) is 8.27. The molecular formula is C15H12N2O. The highest BCUT2D eigenvalue weighted by Gasteiger charge is 2.25.